The van der Waals surface area contributed by atoms with Crippen LogP contribution in [-0.2, 0) is 14.1 Å². The zero-order valence-corrected chi connectivity index (χ0v) is 25.7. The molecule has 6 rings (SSSR count). The van der Waals surface area contributed by atoms with Crippen molar-refractivity contribution in [2.24, 2.45) is 14.1 Å². The van der Waals surface area contributed by atoms with Crippen LogP contribution in [0, 0.1) is 13.8 Å². The molecule has 4 aliphatic rings. The summed E-state index contributed by atoms with van der Waals surface area (Å²) in [4.78, 5) is 9.35. The molecule has 0 amide bonds. The number of hydrogen-bond donors (Lipinski definition) is 0. The molecule has 0 bridgehead atoms. The number of fused-ring (bicyclic) bond motifs is 6. The fourth-order valence-corrected chi connectivity index (χ4v) is 4.17. The van der Waals surface area contributed by atoms with Crippen LogP contribution in [0.25, 0.3) is 44.6 Å². The van der Waals surface area contributed by atoms with Crippen LogP contribution < -0.4 is 0 Å². The highest BCUT2D eigenvalue weighted by molar-refractivity contribution is 5.98. The Bertz CT molecular complexity index is 1330. The number of pyridine rings is 2. The molecule has 4 heteroatoms. The van der Waals surface area contributed by atoms with Crippen LogP contribution >= 0.6 is 0 Å². The molecule has 0 fully saturated rings. The third-order valence-electron chi connectivity index (χ3n) is 5.79. The Hall–Kier alpha value is -3.66. The predicted octanol–water partition coefficient (Wildman–Crippen LogP) is 10.1. The van der Waals surface area contributed by atoms with Crippen molar-refractivity contribution in [2.75, 3.05) is 0 Å². The molecule has 0 unspecified atom stereocenters. The maximum Gasteiger partial charge on any atom is 0.140 e. The Morgan fingerprint density at radius 1 is 0.474 bits per heavy atom. The zero-order valence-electron chi connectivity index (χ0n) is 25.7. The first-order valence-electron chi connectivity index (χ1n) is 14.2. The fraction of sp³-hybridized carbons (Fsp3) is 0.353. The number of rotatable bonds is 0. The SMILES string of the molecule is CC.CC.CC.CC.Cc1cccc2c3cccn(C)c-3nc12.Cc1cccc2c3cccn(C)c-3nc12. The quantitative estimate of drug-likeness (QED) is 0.203. The molecule has 2 aromatic carbocycles. The van der Waals surface area contributed by atoms with Gasteiger partial charge < -0.3 is 9.13 Å². The number of para-hydroxylation sites is 2. The van der Waals surface area contributed by atoms with Crippen molar-refractivity contribution < 1.29 is 0 Å². The lowest BCUT2D eigenvalue weighted by molar-refractivity contribution is 0.893. The summed E-state index contributed by atoms with van der Waals surface area (Å²) in [5, 5.41) is 2.50. The van der Waals surface area contributed by atoms with Crippen LogP contribution in [0.4, 0.5) is 0 Å². The average Bonchev–Trinajstić information content (AvgIpc) is 3.56. The van der Waals surface area contributed by atoms with Gasteiger partial charge in [-0.2, -0.15) is 0 Å². The minimum absolute atomic E-state index is 1.06. The standard InChI is InChI=1S/2C13H12N2.4C2H6/c2*1-9-5-3-6-10-11-7-4-8-15(2)13(11)14-12(9)10;4*1-2/h2*3-8H,1-2H3;4*1-2H3. The predicted molar refractivity (Wildman–Crippen MR) is 170 cm³/mol. The second-order valence-electron chi connectivity index (χ2n) is 7.88. The smallest absolute Gasteiger partial charge is 0.140 e. The van der Waals surface area contributed by atoms with Crippen LogP contribution in [0.1, 0.15) is 66.5 Å². The lowest BCUT2D eigenvalue weighted by atomic mass is 10.1. The second-order valence-corrected chi connectivity index (χ2v) is 7.88. The van der Waals surface area contributed by atoms with Crippen LogP contribution in [0.15, 0.2) is 73.1 Å². The number of aromatic nitrogens is 4. The largest absolute Gasteiger partial charge is 0.336 e. The Morgan fingerprint density at radius 3 is 1.16 bits per heavy atom. The maximum absolute atomic E-state index is 4.68. The maximum atomic E-state index is 4.68. The molecule has 0 N–H and O–H groups in total. The molecule has 0 saturated heterocycles. The molecule has 0 atom stereocenters. The minimum atomic E-state index is 1.06. The molecule has 0 saturated carbocycles. The molecule has 0 aromatic heterocycles. The first-order valence-corrected chi connectivity index (χ1v) is 14.2. The Balaban J connectivity index is 0.000000302. The molecule has 0 radical (unpaired) electrons. The van der Waals surface area contributed by atoms with Gasteiger partial charge in [0.2, 0.25) is 0 Å². The van der Waals surface area contributed by atoms with Gasteiger partial charge in [-0.1, -0.05) is 91.8 Å². The van der Waals surface area contributed by atoms with Crippen LogP contribution in [0.3, 0.4) is 0 Å². The molecule has 0 spiro atoms. The number of benzene rings is 2. The highest BCUT2D eigenvalue weighted by atomic mass is 15.0. The topological polar surface area (TPSA) is 35.6 Å². The second kappa shape index (κ2) is 16.2. The van der Waals surface area contributed by atoms with Crippen molar-refractivity contribution in [3.8, 4) is 22.8 Å². The number of hydrogen-bond acceptors (Lipinski definition) is 2. The molecule has 4 heterocycles. The highest BCUT2D eigenvalue weighted by Crippen LogP contribution is 2.32. The molecule has 4 aliphatic heterocycles. The summed E-state index contributed by atoms with van der Waals surface area (Å²) in [5.41, 5.74) is 7.19. The summed E-state index contributed by atoms with van der Waals surface area (Å²) in [6.45, 7) is 20.2. The molecule has 4 nitrogen and oxygen atoms in total. The van der Waals surface area contributed by atoms with Gasteiger partial charge in [-0.25, -0.2) is 9.97 Å². The summed E-state index contributed by atoms with van der Waals surface area (Å²) in [6, 6.07) is 21.0. The van der Waals surface area contributed by atoms with E-state index >= 15 is 0 Å². The molecule has 204 valence electrons. The van der Waals surface area contributed by atoms with E-state index in [1.54, 1.807) is 0 Å². The van der Waals surface area contributed by atoms with Gasteiger partial charge in [0.25, 0.3) is 0 Å². The van der Waals surface area contributed by atoms with Crippen molar-refractivity contribution in [1.82, 2.24) is 19.1 Å². The summed E-state index contributed by atoms with van der Waals surface area (Å²) in [6.07, 6.45) is 4.06. The molecular formula is C34H48N4. The molecule has 38 heavy (non-hydrogen) atoms. The van der Waals surface area contributed by atoms with E-state index in [-0.39, 0.29) is 0 Å². The van der Waals surface area contributed by atoms with E-state index < -0.39 is 0 Å². The summed E-state index contributed by atoms with van der Waals surface area (Å²) < 4.78 is 4.13. The van der Waals surface area contributed by atoms with Gasteiger partial charge in [-0.15, -0.1) is 0 Å². The van der Waals surface area contributed by atoms with E-state index in [4.69, 9.17) is 0 Å². The van der Waals surface area contributed by atoms with Crippen molar-refractivity contribution in [3.63, 3.8) is 0 Å². The van der Waals surface area contributed by atoms with Gasteiger partial charge in [-0.05, 0) is 49.2 Å². The van der Waals surface area contributed by atoms with Crippen molar-refractivity contribution in [2.45, 2.75) is 69.2 Å². The number of aryl methyl sites for hydroxylation is 4. The first kappa shape index (κ1) is 32.4. The normalized spacial score (nSPS) is 9.58. The van der Waals surface area contributed by atoms with E-state index in [9.17, 15) is 0 Å². The van der Waals surface area contributed by atoms with E-state index in [0.717, 1.165) is 22.7 Å². The Morgan fingerprint density at radius 2 is 0.816 bits per heavy atom. The summed E-state index contributed by atoms with van der Waals surface area (Å²) in [7, 11) is 4.06. The zero-order chi connectivity index (χ0) is 28.8. The van der Waals surface area contributed by atoms with Gasteiger partial charge in [0.15, 0.2) is 0 Å². The highest BCUT2D eigenvalue weighted by Gasteiger charge is 2.14. The Kier molecular flexibility index (Phi) is 13.8. The third-order valence-corrected chi connectivity index (χ3v) is 5.79. The lowest BCUT2D eigenvalue weighted by Gasteiger charge is -2.03. The van der Waals surface area contributed by atoms with Crippen molar-refractivity contribution >= 4 is 21.8 Å². The van der Waals surface area contributed by atoms with Gasteiger partial charge in [0, 0.05) is 48.4 Å². The van der Waals surface area contributed by atoms with Gasteiger partial charge in [0.1, 0.15) is 11.6 Å². The van der Waals surface area contributed by atoms with E-state index in [1.807, 2.05) is 81.9 Å². The minimum Gasteiger partial charge on any atom is -0.336 e. The van der Waals surface area contributed by atoms with E-state index in [1.165, 1.54) is 33.0 Å². The molecule has 2 aromatic rings. The van der Waals surface area contributed by atoms with E-state index in [2.05, 4.69) is 93.6 Å². The third kappa shape index (κ3) is 6.80. The lowest BCUT2D eigenvalue weighted by Crippen LogP contribution is -1.94. The van der Waals surface area contributed by atoms with E-state index in [0.29, 0.717) is 0 Å². The Labute approximate surface area is 231 Å². The molecule has 0 aliphatic carbocycles. The van der Waals surface area contributed by atoms with Gasteiger partial charge in [0.05, 0.1) is 11.0 Å². The van der Waals surface area contributed by atoms with Crippen LogP contribution in [-0.4, -0.2) is 19.1 Å². The van der Waals surface area contributed by atoms with Crippen molar-refractivity contribution in [3.05, 3.63) is 84.2 Å². The first-order chi connectivity index (χ1) is 18.5. The van der Waals surface area contributed by atoms with Crippen molar-refractivity contribution in [1.29, 1.82) is 0 Å². The summed E-state index contributed by atoms with van der Waals surface area (Å²) in [5.74, 6) is 2.11. The van der Waals surface area contributed by atoms with Gasteiger partial charge in [-0.3, -0.25) is 0 Å². The monoisotopic (exact) mass is 512 g/mol. The fourth-order valence-electron chi connectivity index (χ4n) is 4.17. The average molecular weight is 513 g/mol. The summed E-state index contributed by atoms with van der Waals surface area (Å²) >= 11 is 0. The molecular weight excluding hydrogens is 464 g/mol. The number of nitrogens with zero attached hydrogens (tertiary/aromatic N) is 4. The van der Waals surface area contributed by atoms with Gasteiger partial charge >= 0.3 is 0 Å². The van der Waals surface area contributed by atoms with Crippen LogP contribution in [0.2, 0.25) is 0 Å². The van der Waals surface area contributed by atoms with Crippen LogP contribution in [0.5, 0.6) is 0 Å².